The molecule has 0 aliphatic carbocycles. The molecule has 1 aromatic carbocycles. The molecular formula is C16H27N3O. The second-order valence-corrected chi connectivity index (χ2v) is 5.04. The first kappa shape index (κ1) is 16.5. The van der Waals surface area contributed by atoms with Gasteiger partial charge in [-0.1, -0.05) is 13.8 Å². The largest absolute Gasteiger partial charge is 0.399 e. The highest BCUT2D eigenvalue weighted by atomic mass is 16.2. The summed E-state index contributed by atoms with van der Waals surface area (Å²) >= 11 is 0. The molecule has 2 rings (SSSR count). The summed E-state index contributed by atoms with van der Waals surface area (Å²) in [6.07, 6.45) is 0. The number of piperazine rings is 1. The maximum atomic E-state index is 12.3. The second-order valence-electron chi connectivity index (χ2n) is 5.04. The molecule has 2 N–H and O–H groups in total. The van der Waals surface area contributed by atoms with Gasteiger partial charge in [0.1, 0.15) is 0 Å². The Labute approximate surface area is 122 Å². The van der Waals surface area contributed by atoms with E-state index >= 15 is 0 Å². The molecule has 0 atom stereocenters. The number of nitrogen functional groups attached to an aromatic ring is 1. The van der Waals surface area contributed by atoms with E-state index in [2.05, 4.69) is 18.7 Å². The van der Waals surface area contributed by atoms with Gasteiger partial charge in [0.05, 0.1) is 0 Å². The van der Waals surface area contributed by atoms with E-state index in [-0.39, 0.29) is 5.91 Å². The maximum Gasteiger partial charge on any atom is 0.253 e. The second kappa shape index (κ2) is 7.90. The number of amides is 1. The van der Waals surface area contributed by atoms with Gasteiger partial charge >= 0.3 is 0 Å². The summed E-state index contributed by atoms with van der Waals surface area (Å²) in [5.74, 6) is 0.110. The van der Waals surface area contributed by atoms with E-state index in [0.717, 1.165) is 31.7 Å². The quantitative estimate of drug-likeness (QED) is 0.845. The third-order valence-corrected chi connectivity index (χ3v) is 3.49. The molecule has 20 heavy (non-hydrogen) atoms. The Balaban J connectivity index is 0.000000956. The first-order valence-electron chi connectivity index (χ1n) is 7.47. The summed E-state index contributed by atoms with van der Waals surface area (Å²) in [6, 6.07) is 7.70. The number of hydrogen-bond acceptors (Lipinski definition) is 3. The summed E-state index contributed by atoms with van der Waals surface area (Å²) in [7, 11) is 0. The van der Waals surface area contributed by atoms with Crippen molar-refractivity contribution in [3.05, 3.63) is 29.8 Å². The summed E-state index contributed by atoms with van der Waals surface area (Å²) < 4.78 is 0. The first-order valence-corrected chi connectivity index (χ1v) is 7.47. The van der Waals surface area contributed by atoms with E-state index in [0.29, 0.717) is 11.7 Å². The fourth-order valence-corrected chi connectivity index (χ4v) is 2.25. The summed E-state index contributed by atoms with van der Waals surface area (Å²) in [4.78, 5) is 16.6. The van der Waals surface area contributed by atoms with Gasteiger partial charge in [-0.05, 0) is 38.1 Å². The third kappa shape index (κ3) is 4.23. The highest BCUT2D eigenvalue weighted by Gasteiger charge is 2.22. The van der Waals surface area contributed by atoms with Crippen molar-refractivity contribution in [2.24, 2.45) is 0 Å². The number of anilines is 1. The van der Waals surface area contributed by atoms with Crippen LogP contribution >= 0.6 is 0 Å². The van der Waals surface area contributed by atoms with Gasteiger partial charge in [-0.25, -0.2) is 0 Å². The van der Waals surface area contributed by atoms with Crippen molar-refractivity contribution in [2.75, 3.05) is 31.9 Å². The van der Waals surface area contributed by atoms with Crippen molar-refractivity contribution >= 4 is 11.6 Å². The van der Waals surface area contributed by atoms with Crippen molar-refractivity contribution in [1.29, 1.82) is 0 Å². The average molecular weight is 277 g/mol. The van der Waals surface area contributed by atoms with Crippen LogP contribution in [-0.4, -0.2) is 47.9 Å². The monoisotopic (exact) mass is 277 g/mol. The fourth-order valence-electron chi connectivity index (χ4n) is 2.25. The lowest BCUT2D eigenvalue weighted by molar-refractivity contribution is 0.0595. The van der Waals surface area contributed by atoms with Crippen LogP contribution in [0.1, 0.15) is 38.1 Å². The highest BCUT2D eigenvalue weighted by molar-refractivity contribution is 5.94. The molecule has 112 valence electrons. The van der Waals surface area contributed by atoms with E-state index in [1.165, 1.54) is 0 Å². The molecule has 0 unspecified atom stereocenters. The van der Waals surface area contributed by atoms with Gasteiger partial charge < -0.3 is 10.6 Å². The molecule has 1 aromatic rings. The van der Waals surface area contributed by atoms with Crippen molar-refractivity contribution in [2.45, 2.75) is 33.7 Å². The van der Waals surface area contributed by atoms with Gasteiger partial charge in [-0.15, -0.1) is 0 Å². The van der Waals surface area contributed by atoms with E-state index in [9.17, 15) is 4.79 Å². The average Bonchev–Trinajstić information content (AvgIpc) is 2.49. The molecule has 0 bridgehead atoms. The van der Waals surface area contributed by atoms with Crippen LogP contribution in [0.2, 0.25) is 0 Å². The first-order chi connectivity index (χ1) is 9.58. The summed E-state index contributed by atoms with van der Waals surface area (Å²) in [5.41, 5.74) is 7.04. The molecule has 1 aliphatic heterocycles. The zero-order chi connectivity index (χ0) is 15.1. The number of nitrogens with two attached hydrogens (primary N) is 1. The molecule has 0 radical (unpaired) electrons. The van der Waals surface area contributed by atoms with Crippen LogP contribution in [0.3, 0.4) is 0 Å². The van der Waals surface area contributed by atoms with Gasteiger partial charge in [0.25, 0.3) is 5.91 Å². The normalized spacial score (nSPS) is 15.8. The molecule has 1 aliphatic rings. The van der Waals surface area contributed by atoms with Crippen LogP contribution in [0.25, 0.3) is 0 Å². The number of benzene rings is 1. The van der Waals surface area contributed by atoms with Gasteiger partial charge in [0, 0.05) is 43.5 Å². The minimum atomic E-state index is 0.110. The number of rotatable bonds is 2. The SMILES string of the molecule is CC.CC(C)N1CCN(C(=O)c2ccc(N)cc2)CC1. The molecule has 1 amide bonds. The molecule has 1 fully saturated rings. The summed E-state index contributed by atoms with van der Waals surface area (Å²) in [6.45, 7) is 11.9. The smallest absolute Gasteiger partial charge is 0.253 e. The van der Waals surface area contributed by atoms with E-state index in [4.69, 9.17) is 5.73 Å². The Morgan fingerprint density at radius 1 is 1.05 bits per heavy atom. The Bertz CT molecular complexity index is 406. The zero-order valence-corrected chi connectivity index (χ0v) is 13.1. The minimum absolute atomic E-state index is 0.110. The van der Waals surface area contributed by atoms with E-state index in [1.54, 1.807) is 24.3 Å². The van der Waals surface area contributed by atoms with E-state index < -0.39 is 0 Å². The van der Waals surface area contributed by atoms with Crippen molar-refractivity contribution < 1.29 is 4.79 Å². The van der Waals surface area contributed by atoms with Crippen LogP contribution in [0.5, 0.6) is 0 Å². The Kier molecular flexibility index (Phi) is 6.52. The number of nitrogens with zero attached hydrogens (tertiary/aromatic N) is 2. The topological polar surface area (TPSA) is 49.6 Å². The molecule has 0 aromatic heterocycles. The van der Waals surface area contributed by atoms with E-state index in [1.807, 2.05) is 18.7 Å². The number of carbonyl (C=O) groups excluding carboxylic acids is 1. The van der Waals surface area contributed by atoms with Crippen LogP contribution in [-0.2, 0) is 0 Å². The molecule has 1 heterocycles. The number of carbonyl (C=O) groups is 1. The standard InChI is InChI=1S/C14H21N3O.C2H6/c1-11(2)16-7-9-17(10-8-16)14(18)12-3-5-13(15)6-4-12;1-2/h3-6,11H,7-10,15H2,1-2H3;1-2H3. The van der Waals surface area contributed by atoms with Crippen molar-refractivity contribution in [1.82, 2.24) is 9.80 Å². The molecule has 0 spiro atoms. The number of hydrogen-bond donors (Lipinski definition) is 1. The molecule has 4 nitrogen and oxygen atoms in total. The van der Waals surface area contributed by atoms with Crippen LogP contribution in [0.15, 0.2) is 24.3 Å². The fraction of sp³-hybridized carbons (Fsp3) is 0.562. The van der Waals surface area contributed by atoms with Gasteiger partial charge in [0.2, 0.25) is 0 Å². The van der Waals surface area contributed by atoms with Crippen LogP contribution in [0, 0.1) is 0 Å². The Morgan fingerprint density at radius 2 is 1.55 bits per heavy atom. The predicted octanol–water partition coefficient (Wildman–Crippen LogP) is 2.46. The molecule has 1 saturated heterocycles. The molecule has 4 heteroatoms. The third-order valence-electron chi connectivity index (χ3n) is 3.49. The van der Waals surface area contributed by atoms with Crippen LogP contribution in [0.4, 0.5) is 5.69 Å². The van der Waals surface area contributed by atoms with Gasteiger partial charge in [-0.3, -0.25) is 9.69 Å². The summed E-state index contributed by atoms with van der Waals surface area (Å²) in [5, 5.41) is 0. The van der Waals surface area contributed by atoms with Gasteiger partial charge in [0.15, 0.2) is 0 Å². The molecular weight excluding hydrogens is 250 g/mol. The van der Waals surface area contributed by atoms with Gasteiger partial charge in [-0.2, -0.15) is 0 Å². The lowest BCUT2D eigenvalue weighted by Crippen LogP contribution is -2.50. The lowest BCUT2D eigenvalue weighted by atomic mass is 10.1. The minimum Gasteiger partial charge on any atom is -0.399 e. The lowest BCUT2D eigenvalue weighted by Gasteiger charge is -2.37. The Morgan fingerprint density at radius 3 is 2.00 bits per heavy atom. The maximum absolute atomic E-state index is 12.3. The Hall–Kier alpha value is -1.55. The van der Waals surface area contributed by atoms with Crippen molar-refractivity contribution in [3.63, 3.8) is 0 Å². The zero-order valence-electron chi connectivity index (χ0n) is 13.1. The highest BCUT2D eigenvalue weighted by Crippen LogP contribution is 2.12. The predicted molar refractivity (Wildman–Crippen MR) is 84.8 cm³/mol. The van der Waals surface area contributed by atoms with Crippen LogP contribution < -0.4 is 5.73 Å². The van der Waals surface area contributed by atoms with Crippen molar-refractivity contribution in [3.8, 4) is 0 Å². The molecule has 0 saturated carbocycles.